The van der Waals surface area contributed by atoms with Gasteiger partial charge in [-0.2, -0.15) is 0 Å². The highest BCUT2D eigenvalue weighted by atomic mass is 16.3. The van der Waals surface area contributed by atoms with E-state index in [1.807, 2.05) is 19.9 Å². The second kappa shape index (κ2) is 7.63. The molecule has 128 valence electrons. The third kappa shape index (κ3) is 4.04. The number of nitrogens with zero attached hydrogens (tertiary/aromatic N) is 5. The number of aliphatic hydroxyl groups excluding tert-OH is 1. The highest BCUT2D eigenvalue weighted by Crippen LogP contribution is 2.30. The van der Waals surface area contributed by atoms with Crippen molar-refractivity contribution in [3.05, 3.63) is 35.5 Å². The van der Waals surface area contributed by atoms with Crippen molar-refractivity contribution in [3.63, 3.8) is 0 Å². The van der Waals surface area contributed by atoms with Gasteiger partial charge in [-0.1, -0.05) is 0 Å². The predicted octanol–water partition coefficient (Wildman–Crippen LogP) is 1.80. The van der Waals surface area contributed by atoms with Crippen LogP contribution >= 0.6 is 0 Å². The molecule has 1 saturated heterocycles. The van der Waals surface area contributed by atoms with Crippen molar-refractivity contribution >= 4 is 11.8 Å². The van der Waals surface area contributed by atoms with Gasteiger partial charge in [0, 0.05) is 42.8 Å². The van der Waals surface area contributed by atoms with Crippen LogP contribution in [0.15, 0.2) is 18.5 Å². The Hall–Kier alpha value is -2.12. The Balaban J connectivity index is 1.82. The van der Waals surface area contributed by atoms with E-state index in [9.17, 15) is 5.11 Å². The average molecular weight is 328 g/mol. The van der Waals surface area contributed by atoms with Crippen molar-refractivity contribution in [2.45, 2.75) is 32.6 Å². The van der Waals surface area contributed by atoms with Crippen molar-refractivity contribution in [2.75, 3.05) is 31.6 Å². The van der Waals surface area contributed by atoms with Gasteiger partial charge >= 0.3 is 0 Å². The molecule has 0 amide bonds. The summed E-state index contributed by atoms with van der Waals surface area (Å²) in [5.41, 5.74) is 2.78. The Morgan fingerprint density at radius 1 is 1.21 bits per heavy atom. The minimum atomic E-state index is 0.189. The predicted molar refractivity (Wildman–Crippen MR) is 92.3 cm³/mol. The van der Waals surface area contributed by atoms with E-state index in [0.717, 1.165) is 48.8 Å². The maximum atomic E-state index is 9.18. The first-order valence-electron chi connectivity index (χ1n) is 8.39. The summed E-state index contributed by atoms with van der Waals surface area (Å²) in [5.74, 6) is 1.57. The van der Waals surface area contributed by atoms with Crippen molar-refractivity contribution in [1.29, 1.82) is 0 Å². The summed E-state index contributed by atoms with van der Waals surface area (Å²) >= 11 is 0. The van der Waals surface area contributed by atoms with Crippen LogP contribution < -0.4 is 5.32 Å². The van der Waals surface area contributed by atoms with Crippen LogP contribution in [0, 0.1) is 13.8 Å². The molecule has 1 aliphatic rings. The quantitative estimate of drug-likeness (QED) is 0.865. The van der Waals surface area contributed by atoms with Crippen molar-refractivity contribution in [2.24, 2.45) is 0 Å². The van der Waals surface area contributed by atoms with Gasteiger partial charge in [-0.05, 0) is 39.3 Å². The summed E-state index contributed by atoms with van der Waals surface area (Å²) in [4.78, 5) is 20.2. The second-order valence-electron chi connectivity index (χ2n) is 6.25. The number of aliphatic hydroxyl groups is 1. The van der Waals surface area contributed by atoms with E-state index in [1.165, 1.54) is 0 Å². The van der Waals surface area contributed by atoms with Crippen LogP contribution in [0.4, 0.5) is 11.8 Å². The fraction of sp³-hybridized carbons (Fsp3) is 0.529. The standard InChI is InChI=1S/C17H24N6O/c1-12-10-13(2)21-17(20-12)22-16-15(18-5-6-19-16)14-4-3-7-23(11-14)8-9-24/h5-6,10,14,24H,3-4,7-9,11H2,1-2H3,(H,19,20,21,22)/t14-/m1/s1. The zero-order chi connectivity index (χ0) is 16.9. The van der Waals surface area contributed by atoms with Gasteiger partial charge in [0.15, 0.2) is 5.82 Å². The number of rotatable bonds is 5. The van der Waals surface area contributed by atoms with Gasteiger partial charge in [0.2, 0.25) is 5.95 Å². The summed E-state index contributed by atoms with van der Waals surface area (Å²) in [6.45, 7) is 6.72. The molecule has 1 atom stereocenters. The van der Waals surface area contributed by atoms with Gasteiger partial charge in [0.25, 0.3) is 0 Å². The molecule has 7 nitrogen and oxygen atoms in total. The van der Waals surface area contributed by atoms with Gasteiger partial charge in [-0.15, -0.1) is 0 Å². The molecule has 3 heterocycles. The monoisotopic (exact) mass is 328 g/mol. The van der Waals surface area contributed by atoms with E-state index < -0.39 is 0 Å². The first-order valence-corrected chi connectivity index (χ1v) is 8.39. The largest absolute Gasteiger partial charge is 0.395 e. The highest BCUT2D eigenvalue weighted by Gasteiger charge is 2.25. The van der Waals surface area contributed by atoms with Crippen LogP contribution in [-0.2, 0) is 0 Å². The first-order chi connectivity index (χ1) is 11.7. The summed E-state index contributed by atoms with van der Waals surface area (Å²) in [5, 5.41) is 12.4. The number of likely N-dealkylation sites (tertiary alicyclic amines) is 1. The Bertz CT molecular complexity index is 670. The Kier molecular flexibility index (Phi) is 5.32. The number of hydrogen-bond donors (Lipinski definition) is 2. The molecule has 1 fully saturated rings. The Morgan fingerprint density at radius 2 is 1.96 bits per heavy atom. The highest BCUT2D eigenvalue weighted by molar-refractivity contribution is 5.52. The normalized spacial score (nSPS) is 18.5. The zero-order valence-corrected chi connectivity index (χ0v) is 14.2. The SMILES string of the molecule is Cc1cc(C)nc(Nc2nccnc2[C@@H]2CCCN(CCO)C2)n1. The minimum Gasteiger partial charge on any atom is -0.395 e. The Morgan fingerprint density at radius 3 is 2.71 bits per heavy atom. The van der Waals surface area contributed by atoms with Crippen LogP contribution in [0.25, 0.3) is 0 Å². The lowest BCUT2D eigenvalue weighted by Gasteiger charge is -2.32. The molecule has 2 aromatic rings. The molecular weight excluding hydrogens is 304 g/mol. The van der Waals surface area contributed by atoms with E-state index in [2.05, 4.69) is 30.2 Å². The molecule has 3 rings (SSSR count). The van der Waals surface area contributed by atoms with Crippen molar-refractivity contribution in [3.8, 4) is 0 Å². The maximum absolute atomic E-state index is 9.18. The number of hydrogen-bond acceptors (Lipinski definition) is 7. The zero-order valence-electron chi connectivity index (χ0n) is 14.2. The Labute approximate surface area is 142 Å². The molecule has 0 unspecified atom stereocenters. The van der Waals surface area contributed by atoms with Gasteiger partial charge in [-0.25, -0.2) is 15.0 Å². The summed E-state index contributed by atoms with van der Waals surface area (Å²) in [6.07, 6.45) is 5.58. The summed E-state index contributed by atoms with van der Waals surface area (Å²) < 4.78 is 0. The molecule has 0 saturated carbocycles. The van der Waals surface area contributed by atoms with Gasteiger partial charge in [-0.3, -0.25) is 4.98 Å². The first kappa shape index (κ1) is 16.7. The van der Waals surface area contributed by atoms with E-state index >= 15 is 0 Å². The molecule has 2 aromatic heterocycles. The smallest absolute Gasteiger partial charge is 0.228 e. The van der Waals surface area contributed by atoms with E-state index in [1.54, 1.807) is 12.4 Å². The fourth-order valence-corrected chi connectivity index (χ4v) is 3.25. The minimum absolute atomic E-state index is 0.189. The molecule has 24 heavy (non-hydrogen) atoms. The number of aromatic nitrogens is 4. The molecule has 0 aliphatic carbocycles. The fourth-order valence-electron chi connectivity index (χ4n) is 3.25. The van der Waals surface area contributed by atoms with Crippen LogP contribution in [0.5, 0.6) is 0 Å². The van der Waals surface area contributed by atoms with Crippen LogP contribution in [0.3, 0.4) is 0 Å². The lowest BCUT2D eigenvalue weighted by Crippen LogP contribution is -2.36. The van der Waals surface area contributed by atoms with Gasteiger partial charge < -0.3 is 15.3 Å². The summed E-state index contributed by atoms with van der Waals surface area (Å²) in [6, 6.07) is 1.94. The molecule has 7 heteroatoms. The number of anilines is 2. The van der Waals surface area contributed by atoms with Crippen LogP contribution in [0.1, 0.15) is 35.8 Å². The number of nitrogens with one attached hydrogen (secondary N) is 1. The number of aryl methyl sites for hydroxylation is 2. The van der Waals surface area contributed by atoms with E-state index in [0.29, 0.717) is 18.4 Å². The van der Waals surface area contributed by atoms with Gasteiger partial charge in [0.1, 0.15) is 0 Å². The van der Waals surface area contributed by atoms with Crippen LogP contribution in [-0.4, -0.2) is 56.2 Å². The lowest BCUT2D eigenvalue weighted by molar-refractivity contribution is 0.160. The van der Waals surface area contributed by atoms with Crippen LogP contribution in [0.2, 0.25) is 0 Å². The number of β-amino-alcohol motifs (C(OH)–C–C–N with tert-alkyl or cyclic N) is 1. The third-order valence-corrected chi connectivity index (χ3v) is 4.25. The average Bonchev–Trinajstić information content (AvgIpc) is 2.55. The van der Waals surface area contributed by atoms with E-state index in [4.69, 9.17) is 0 Å². The molecule has 2 N–H and O–H groups in total. The maximum Gasteiger partial charge on any atom is 0.228 e. The number of piperidine rings is 1. The lowest BCUT2D eigenvalue weighted by atomic mass is 9.94. The van der Waals surface area contributed by atoms with E-state index in [-0.39, 0.29) is 6.61 Å². The third-order valence-electron chi connectivity index (χ3n) is 4.25. The molecular formula is C17H24N6O. The van der Waals surface area contributed by atoms with Crippen molar-refractivity contribution in [1.82, 2.24) is 24.8 Å². The molecule has 1 aliphatic heterocycles. The summed E-state index contributed by atoms with van der Waals surface area (Å²) in [7, 11) is 0. The molecule has 0 aromatic carbocycles. The van der Waals surface area contributed by atoms with Gasteiger partial charge in [0.05, 0.1) is 12.3 Å². The molecule has 0 bridgehead atoms. The topological polar surface area (TPSA) is 87.1 Å². The molecule has 0 radical (unpaired) electrons. The second-order valence-corrected chi connectivity index (χ2v) is 6.25. The molecule has 0 spiro atoms. The van der Waals surface area contributed by atoms with Crippen molar-refractivity contribution < 1.29 is 5.11 Å².